The molecule has 1 aromatic heterocycles. The van der Waals surface area contributed by atoms with E-state index in [9.17, 15) is 4.79 Å². The van der Waals surface area contributed by atoms with Gasteiger partial charge < -0.3 is 14.7 Å². The summed E-state index contributed by atoms with van der Waals surface area (Å²) in [7, 11) is 2.18. The summed E-state index contributed by atoms with van der Waals surface area (Å²) in [5.41, 5.74) is 5.64. The Kier molecular flexibility index (Phi) is 5.86. The van der Waals surface area contributed by atoms with E-state index in [0.717, 1.165) is 62.5 Å². The molecule has 1 amide bonds. The predicted octanol–water partition coefficient (Wildman–Crippen LogP) is 3.36. The third-order valence-electron chi connectivity index (χ3n) is 6.22. The van der Waals surface area contributed by atoms with Crippen molar-refractivity contribution in [1.82, 2.24) is 14.8 Å². The van der Waals surface area contributed by atoms with Crippen LogP contribution in [-0.2, 0) is 11.2 Å². The van der Waals surface area contributed by atoms with Crippen molar-refractivity contribution in [3.05, 3.63) is 58.9 Å². The van der Waals surface area contributed by atoms with E-state index >= 15 is 0 Å². The van der Waals surface area contributed by atoms with Crippen LogP contribution in [-0.4, -0.2) is 60.5 Å². The van der Waals surface area contributed by atoms with Crippen LogP contribution in [0.15, 0.2) is 36.4 Å². The van der Waals surface area contributed by atoms with Gasteiger partial charge in [0.2, 0.25) is 5.91 Å². The number of aryl methyl sites for hydroxylation is 2. The zero-order valence-corrected chi connectivity index (χ0v) is 17.9. The Balaban J connectivity index is 1.52. The molecule has 4 rings (SSSR count). The van der Waals surface area contributed by atoms with E-state index in [-0.39, 0.29) is 11.9 Å². The SMILES string of the molecule is Cc1ccc(CC(=O)N2CCC[C@H]2c2cc(N3CCN(C)CC3)cc(C)n2)cc1. The Hall–Kier alpha value is -2.40. The molecule has 1 atom stereocenters. The largest absolute Gasteiger partial charge is 0.369 e. The van der Waals surface area contributed by atoms with E-state index < -0.39 is 0 Å². The lowest BCUT2D eigenvalue weighted by atomic mass is 10.1. The van der Waals surface area contributed by atoms with Crippen molar-refractivity contribution in [3.63, 3.8) is 0 Å². The summed E-state index contributed by atoms with van der Waals surface area (Å²) in [5, 5.41) is 0. The molecule has 2 aromatic rings. The summed E-state index contributed by atoms with van der Waals surface area (Å²) in [4.78, 5) is 24.8. The van der Waals surface area contributed by atoms with Gasteiger partial charge in [0.1, 0.15) is 0 Å². The van der Waals surface area contributed by atoms with Gasteiger partial charge in [-0.3, -0.25) is 9.78 Å². The molecule has 0 N–H and O–H groups in total. The van der Waals surface area contributed by atoms with Crippen molar-refractivity contribution in [1.29, 1.82) is 0 Å². The fourth-order valence-corrected chi connectivity index (χ4v) is 4.45. The van der Waals surface area contributed by atoms with Crippen LogP contribution in [0, 0.1) is 13.8 Å². The lowest BCUT2D eigenvalue weighted by Gasteiger charge is -2.34. The molecule has 2 aliphatic heterocycles. The normalized spacial score (nSPS) is 20.3. The maximum atomic E-state index is 13.1. The number of amides is 1. The number of benzene rings is 1. The van der Waals surface area contributed by atoms with Crippen LogP contribution in [0.25, 0.3) is 0 Å². The van der Waals surface area contributed by atoms with E-state index in [0.29, 0.717) is 6.42 Å². The Morgan fingerprint density at radius 1 is 1.03 bits per heavy atom. The lowest BCUT2D eigenvalue weighted by Crippen LogP contribution is -2.44. The van der Waals surface area contributed by atoms with Gasteiger partial charge in [0, 0.05) is 44.1 Å². The summed E-state index contributed by atoms with van der Waals surface area (Å²) in [6.07, 6.45) is 2.51. The zero-order chi connectivity index (χ0) is 20.4. The zero-order valence-electron chi connectivity index (χ0n) is 17.9. The highest BCUT2D eigenvalue weighted by Crippen LogP contribution is 2.33. The van der Waals surface area contributed by atoms with Gasteiger partial charge in [0.05, 0.1) is 18.2 Å². The van der Waals surface area contributed by atoms with E-state index in [1.807, 2.05) is 0 Å². The number of piperazine rings is 1. The highest BCUT2D eigenvalue weighted by molar-refractivity contribution is 5.79. The van der Waals surface area contributed by atoms with Gasteiger partial charge in [-0.05, 0) is 51.4 Å². The third kappa shape index (κ3) is 4.61. The quantitative estimate of drug-likeness (QED) is 0.800. The minimum absolute atomic E-state index is 0.0964. The van der Waals surface area contributed by atoms with Gasteiger partial charge in [-0.15, -0.1) is 0 Å². The number of pyridine rings is 1. The molecule has 3 heterocycles. The van der Waals surface area contributed by atoms with Crippen molar-refractivity contribution in [3.8, 4) is 0 Å². The van der Waals surface area contributed by atoms with E-state index in [4.69, 9.17) is 4.98 Å². The number of anilines is 1. The monoisotopic (exact) mass is 392 g/mol. The minimum Gasteiger partial charge on any atom is -0.369 e. The first-order chi connectivity index (χ1) is 14.0. The predicted molar refractivity (Wildman–Crippen MR) is 117 cm³/mol. The molecule has 2 aliphatic rings. The van der Waals surface area contributed by atoms with Crippen molar-refractivity contribution in [2.45, 2.75) is 39.2 Å². The molecule has 0 saturated carbocycles. The van der Waals surface area contributed by atoms with Gasteiger partial charge in [0.15, 0.2) is 0 Å². The van der Waals surface area contributed by atoms with Crippen LogP contribution in [0.4, 0.5) is 5.69 Å². The number of hydrogen-bond acceptors (Lipinski definition) is 4. The number of likely N-dealkylation sites (N-methyl/N-ethyl adjacent to an activating group) is 1. The Bertz CT molecular complexity index is 856. The summed E-state index contributed by atoms with van der Waals surface area (Å²) in [6, 6.07) is 12.8. The van der Waals surface area contributed by atoms with Gasteiger partial charge in [0.25, 0.3) is 0 Å². The molecule has 0 bridgehead atoms. The molecule has 29 heavy (non-hydrogen) atoms. The average molecular weight is 393 g/mol. The van der Waals surface area contributed by atoms with Crippen LogP contribution in [0.1, 0.15) is 41.4 Å². The number of carbonyl (C=O) groups is 1. The van der Waals surface area contributed by atoms with Gasteiger partial charge in [-0.1, -0.05) is 29.8 Å². The first-order valence-corrected chi connectivity index (χ1v) is 10.8. The van der Waals surface area contributed by atoms with Crippen molar-refractivity contribution in [2.75, 3.05) is 44.7 Å². The number of hydrogen-bond donors (Lipinski definition) is 0. The fourth-order valence-electron chi connectivity index (χ4n) is 4.45. The molecular weight excluding hydrogens is 360 g/mol. The van der Waals surface area contributed by atoms with Crippen LogP contribution >= 0.6 is 0 Å². The molecule has 0 spiro atoms. The standard InChI is InChI=1S/C24H32N4O/c1-18-6-8-20(9-7-18)16-24(29)28-10-4-5-23(28)22-17-21(15-19(2)25-22)27-13-11-26(3)12-14-27/h6-9,15,17,23H,4-5,10-14,16H2,1-3H3/t23-/m0/s1. The maximum absolute atomic E-state index is 13.1. The van der Waals surface area contributed by atoms with Gasteiger partial charge in [-0.25, -0.2) is 0 Å². The number of carbonyl (C=O) groups excluding carboxylic acids is 1. The summed E-state index contributed by atoms with van der Waals surface area (Å²) < 4.78 is 0. The number of rotatable bonds is 4. The highest BCUT2D eigenvalue weighted by atomic mass is 16.2. The molecule has 0 radical (unpaired) electrons. The Morgan fingerprint density at radius 3 is 2.48 bits per heavy atom. The molecule has 1 aromatic carbocycles. The van der Waals surface area contributed by atoms with Crippen molar-refractivity contribution in [2.24, 2.45) is 0 Å². The maximum Gasteiger partial charge on any atom is 0.227 e. The topological polar surface area (TPSA) is 39.7 Å². The van der Waals surface area contributed by atoms with E-state index in [2.05, 4.69) is 72.0 Å². The first-order valence-electron chi connectivity index (χ1n) is 10.8. The second kappa shape index (κ2) is 8.54. The van der Waals surface area contributed by atoms with Gasteiger partial charge in [-0.2, -0.15) is 0 Å². The van der Waals surface area contributed by atoms with Crippen molar-refractivity contribution >= 4 is 11.6 Å². The highest BCUT2D eigenvalue weighted by Gasteiger charge is 2.31. The molecule has 0 aliphatic carbocycles. The smallest absolute Gasteiger partial charge is 0.227 e. The van der Waals surface area contributed by atoms with E-state index in [1.54, 1.807) is 0 Å². The number of likely N-dealkylation sites (tertiary alicyclic amines) is 1. The first kappa shape index (κ1) is 19.9. The fraction of sp³-hybridized carbons (Fsp3) is 0.500. The molecule has 2 fully saturated rings. The molecule has 0 unspecified atom stereocenters. The van der Waals surface area contributed by atoms with Crippen LogP contribution in [0.3, 0.4) is 0 Å². The second-order valence-corrected chi connectivity index (χ2v) is 8.59. The van der Waals surface area contributed by atoms with Crippen LogP contribution in [0.2, 0.25) is 0 Å². The lowest BCUT2D eigenvalue weighted by molar-refractivity contribution is -0.131. The Labute approximate surface area is 174 Å². The van der Waals surface area contributed by atoms with E-state index in [1.165, 1.54) is 11.3 Å². The third-order valence-corrected chi connectivity index (χ3v) is 6.22. The summed E-state index contributed by atoms with van der Waals surface area (Å²) in [5.74, 6) is 0.209. The average Bonchev–Trinajstić information content (AvgIpc) is 3.20. The molecule has 5 nitrogen and oxygen atoms in total. The molecule has 154 valence electrons. The van der Waals surface area contributed by atoms with Crippen LogP contribution in [0.5, 0.6) is 0 Å². The Morgan fingerprint density at radius 2 is 1.76 bits per heavy atom. The number of aromatic nitrogens is 1. The summed E-state index contributed by atoms with van der Waals surface area (Å²) >= 11 is 0. The minimum atomic E-state index is 0.0964. The number of nitrogens with zero attached hydrogens (tertiary/aromatic N) is 4. The summed E-state index contributed by atoms with van der Waals surface area (Å²) in [6.45, 7) is 9.22. The molecule has 2 saturated heterocycles. The van der Waals surface area contributed by atoms with Gasteiger partial charge >= 0.3 is 0 Å². The second-order valence-electron chi connectivity index (χ2n) is 8.59. The molecular formula is C24H32N4O. The van der Waals surface area contributed by atoms with Crippen LogP contribution < -0.4 is 4.90 Å². The van der Waals surface area contributed by atoms with Crippen molar-refractivity contribution < 1.29 is 4.79 Å². The molecule has 5 heteroatoms.